The molecule has 0 spiro atoms. The summed E-state index contributed by atoms with van der Waals surface area (Å²) in [6.07, 6.45) is 8.95. The molecule has 5 heteroatoms. The molecule has 1 unspecified atom stereocenters. The molecule has 0 radical (unpaired) electrons. The predicted octanol–water partition coefficient (Wildman–Crippen LogP) is 2.87. The number of hydrogen-bond acceptors (Lipinski definition) is 3. The van der Waals surface area contributed by atoms with Gasteiger partial charge in [0.15, 0.2) is 5.96 Å². The summed E-state index contributed by atoms with van der Waals surface area (Å²) < 4.78 is 5.08. The number of nitrogens with zero attached hydrogens (tertiary/aromatic N) is 2. The quantitative estimate of drug-likeness (QED) is 0.365. The molecule has 2 N–H and O–H groups in total. The zero-order valence-electron chi connectivity index (χ0n) is 16.4. The maximum Gasteiger partial charge on any atom is 0.191 e. The van der Waals surface area contributed by atoms with Crippen LogP contribution >= 0.6 is 0 Å². The van der Waals surface area contributed by atoms with Crippen molar-refractivity contribution >= 4 is 5.96 Å². The summed E-state index contributed by atoms with van der Waals surface area (Å²) in [5.74, 6) is 1.59. The summed E-state index contributed by atoms with van der Waals surface area (Å²) in [5, 5.41) is 6.98. The summed E-state index contributed by atoms with van der Waals surface area (Å²) >= 11 is 0. The minimum absolute atomic E-state index is 0.586. The molecule has 1 saturated heterocycles. The third-order valence-corrected chi connectivity index (χ3v) is 4.90. The van der Waals surface area contributed by atoms with Crippen LogP contribution in [0, 0.1) is 5.92 Å². The van der Waals surface area contributed by atoms with Crippen molar-refractivity contribution in [2.45, 2.75) is 64.8 Å². The Balaban J connectivity index is 2.32. The molecule has 1 fully saturated rings. The van der Waals surface area contributed by atoms with Gasteiger partial charge in [0.05, 0.1) is 0 Å². The van der Waals surface area contributed by atoms with E-state index >= 15 is 0 Å². The first kappa shape index (κ1) is 21.2. The van der Waals surface area contributed by atoms with Crippen molar-refractivity contribution in [2.24, 2.45) is 10.9 Å². The summed E-state index contributed by atoms with van der Waals surface area (Å²) in [7, 11) is 3.62. The fourth-order valence-corrected chi connectivity index (χ4v) is 3.39. The second-order valence-corrected chi connectivity index (χ2v) is 7.19. The smallest absolute Gasteiger partial charge is 0.191 e. The van der Waals surface area contributed by atoms with Gasteiger partial charge in [-0.1, -0.05) is 26.7 Å². The summed E-state index contributed by atoms with van der Waals surface area (Å²) in [6.45, 7) is 9.97. The molecule has 0 amide bonds. The Morgan fingerprint density at radius 2 is 1.75 bits per heavy atom. The molecule has 5 nitrogen and oxygen atoms in total. The first-order valence-corrected chi connectivity index (χ1v) is 9.86. The Morgan fingerprint density at radius 3 is 2.33 bits per heavy atom. The third-order valence-electron chi connectivity index (χ3n) is 4.90. The lowest BCUT2D eigenvalue weighted by atomic mass is 10.0. The van der Waals surface area contributed by atoms with Gasteiger partial charge in [0.2, 0.25) is 0 Å². The fraction of sp³-hybridized carbons (Fsp3) is 0.947. The van der Waals surface area contributed by atoms with Gasteiger partial charge < -0.3 is 15.4 Å². The van der Waals surface area contributed by atoms with Crippen LogP contribution in [0.25, 0.3) is 0 Å². The Morgan fingerprint density at radius 1 is 1.04 bits per heavy atom. The van der Waals surface area contributed by atoms with Crippen LogP contribution in [-0.4, -0.2) is 63.8 Å². The molecule has 1 atom stereocenters. The van der Waals surface area contributed by atoms with E-state index < -0.39 is 0 Å². The monoisotopic (exact) mass is 340 g/mol. The molecule has 0 aromatic heterocycles. The number of methoxy groups -OCH3 is 1. The molecule has 1 rings (SSSR count). The van der Waals surface area contributed by atoms with E-state index in [1.54, 1.807) is 7.11 Å². The first-order valence-electron chi connectivity index (χ1n) is 9.86. The largest absolute Gasteiger partial charge is 0.385 e. The van der Waals surface area contributed by atoms with E-state index in [1.807, 2.05) is 7.05 Å². The van der Waals surface area contributed by atoms with Crippen LogP contribution in [0.5, 0.6) is 0 Å². The molecule has 24 heavy (non-hydrogen) atoms. The molecule has 1 aliphatic rings. The Hall–Kier alpha value is -0.810. The van der Waals surface area contributed by atoms with Gasteiger partial charge in [0, 0.05) is 39.9 Å². The molecular formula is C19H40N4O. The molecule has 0 aromatic carbocycles. The van der Waals surface area contributed by atoms with Crippen molar-refractivity contribution in [1.82, 2.24) is 15.5 Å². The van der Waals surface area contributed by atoms with E-state index in [2.05, 4.69) is 34.4 Å². The van der Waals surface area contributed by atoms with Crippen molar-refractivity contribution in [3.63, 3.8) is 0 Å². The summed E-state index contributed by atoms with van der Waals surface area (Å²) in [4.78, 5) is 7.05. The van der Waals surface area contributed by atoms with Gasteiger partial charge in [-0.25, -0.2) is 0 Å². The van der Waals surface area contributed by atoms with Gasteiger partial charge >= 0.3 is 0 Å². The van der Waals surface area contributed by atoms with Crippen LogP contribution in [-0.2, 0) is 4.74 Å². The van der Waals surface area contributed by atoms with Gasteiger partial charge in [0.25, 0.3) is 0 Å². The number of nitrogens with one attached hydrogen (secondary N) is 2. The number of rotatable bonds is 10. The van der Waals surface area contributed by atoms with E-state index in [0.29, 0.717) is 12.0 Å². The predicted molar refractivity (Wildman–Crippen MR) is 104 cm³/mol. The Bertz CT molecular complexity index is 325. The fourth-order valence-electron chi connectivity index (χ4n) is 3.39. The second-order valence-electron chi connectivity index (χ2n) is 7.19. The number of aliphatic imine (C=N–C) groups is 1. The number of ether oxygens (including phenoxy) is 1. The van der Waals surface area contributed by atoms with Crippen molar-refractivity contribution in [2.75, 3.05) is 46.9 Å². The molecule has 0 bridgehead atoms. The van der Waals surface area contributed by atoms with E-state index in [9.17, 15) is 0 Å². The van der Waals surface area contributed by atoms with Gasteiger partial charge in [0.1, 0.15) is 0 Å². The topological polar surface area (TPSA) is 48.9 Å². The highest BCUT2D eigenvalue weighted by Crippen LogP contribution is 2.17. The van der Waals surface area contributed by atoms with E-state index in [0.717, 1.165) is 38.5 Å². The van der Waals surface area contributed by atoms with Gasteiger partial charge in [-0.3, -0.25) is 9.89 Å². The van der Waals surface area contributed by atoms with Crippen molar-refractivity contribution in [1.29, 1.82) is 0 Å². The lowest BCUT2D eigenvalue weighted by molar-refractivity contribution is 0.161. The molecule has 0 aromatic rings. The molecular weight excluding hydrogens is 300 g/mol. The first-order chi connectivity index (χ1) is 11.7. The number of guanidine groups is 1. The zero-order chi connectivity index (χ0) is 17.6. The van der Waals surface area contributed by atoms with Crippen molar-refractivity contribution in [3.05, 3.63) is 0 Å². The number of unbranched alkanes of at least 4 members (excludes halogenated alkanes) is 2. The minimum Gasteiger partial charge on any atom is -0.385 e. The highest BCUT2D eigenvalue weighted by molar-refractivity contribution is 5.79. The van der Waals surface area contributed by atoms with E-state index in [4.69, 9.17) is 4.74 Å². The number of likely N-dealkylation sites (tertiary alicyclic amines) is 1. The van der Waals surface area contributed by atoms with Crippen LogP contribution in [0.3, 0.4) is 0 Å². The summed E-state index contributed by atoms with van der Waals surface area (Å²) in [5.41, 5.74) is 0. The Labute approximate surface area is 149 Å². The zero-order valence-corrected chi connectivity index (χ0v) is 16.4. The molecule has 0 aliphatic carbocycles. The van der Waals surface area contributed by atoms with E-state index in [-0.39, 0.29) is 0 Å². The maximum absolute atomic E-state index is 5.08. The standard InChI is InChI=1S/C19H40N4O/c1-17(2)18(23-13-9-5-6-10-14-23)16-22-19(20-3)21-12-8-7-11-15-24-4/h17-18H,5-16H2,1-4H3,(H2,20,21,22). The highest BCUT2D eigenvalue weighted by atomic mass is 16.5. The van der Waals surface area contributed by atoms with E-state index in [1.165, 1.54) is 45.2 Å². The number of hydrogen-bond donors (Lipinski definition) is 2. The van der Waals surface area contributed by atoms with Crippen LogP contribution in [0.4, 0.5) is 0 Å². The normalized spacial score (nSPS) is 18.5. The SMILES string of the molecule is CN=C(NCCCCCOC)NCC(C(C)C)N1CCCCCC1. The average Bonchev–Trinajstić information content (AvgIpc) is 2.85. The van der Waals surface area contributed by atoms with Crippen LogP contribution in [0.1, 0.15) is 58.8 Å². The second kappa shape index (κ2) is 13.5. The van der Waals surface area contributed by atoms with Crippen molar-refractivity contribution in [3.8, 4) is 0 Å². The van der Waals surface area contributed by atoms with Crippen LogP contribution in [0.2, 0.25) is 0 Å². The van der Waals surface area contributed by atoms with Crippen LogP contribution in [0.15, 0.2) is 4.99 Å². The van der Waals surface area contributed by atoms with Crippen molar-refractivity contribution < 1.29 is 4.74 Å². The van der Waals surface area contributed by atoms with Gasteiger partial charge in [-0.05, 0) is 51.1 Å². The van der Waals surface area contributed by atoms with Crippen LogP contribution < -0.4 is 10.6 Å². The lowest BCUT2D eigenvalue weighted by Crippen LogP contribution is -2.49. The molecule has 0 saturated carbocycles. The molecule has 142 valence electrons. The third kappa shape index (κ3) is 8.88. The van der Waals surface area contributed by atoms with Gasteiger partial charge in [-0.2, -0.15) is 0 Å². The average molecular weight is 341 g/mol. The lowest BCUT2D eigenvalue weighted by Gasteiger charge is -2.34. The molecule has 1 heterocycles. The maximum atomic E-state index is 5.08. The molecule has 1 aliphatic heterocycles. The Kier molecular flexibility index (Phi) is 11.9. The minimum atomic E-state index is 0.586. The van der Waals surface area contributed by atoms with Gasteiger partial charge in [-0.15, -0.1) is 0 Å². The summed E-state index contributed by atoms with van der Waals surface area (Å²) in [6, 6.07) is 0.586. The highest BCUT2D eigenvalue weighted by Gasteiger charge is 2.22.